The largest absolute Gasteiger partial charge is 0.261 e. The zero-order chi connectivity index (χ0) is 14.3. The fourth-order valence-electron chi connectivity index (χ4n) is 2.05. The van der Waals surface area contributed by atoms with Crippen molar-refractivity contribution < 1.29 is 16.8 Å². The summed E-state index contributed by atoms with van der Waals surface area (Å²) >= 11 is 0. The van der Waals surface area contributed by atoms with Crippen LogP contribution in [-0.4, -0.2) is 34.2 Å². The molecule has 1 aromatic rings. The first-order valence-electron chi connectivity index (χ1n) is 5.76. The fourth-order valence-corrected chi connectivity index (χ4v) is 4.54. The molecule has 2 rings (SSSR count). The Bertz CT molecular complexity index is 684. The van der Waals surface area contributed by atoms with Crippen molar-refractivity contribution in [2.75, 3.05) is 13.1 Å². The van der Waals surface area contributed by atoms with E-state index in [1.165, 1.54) is 22.5 Å². The molecule has 1 saturated heterocycles. The quantitative estimate of drug-likeness (QED) is 0.793. The molecule has 0 saturated carbocycles. The van der Waals surface area contributed by atoms with E-state index >= 15 is 0 Å². The summed E-state index contributed by atoms with van der Waals surface area (Å²) < 4.78 is 48.6. The van der Waals surface area contributed by atoms with Gasteiger partial charge < -0.3 is 0 Å². The van der Waals surface area contributed by atoms with Gasteiger partial charge in [0.1, 0.15) is 0 Å². The van der Waals surface area contributed by atoms with Gasteiger partial charge in [-0.3, -0.25) is 0 Å². The van der Waals surface area contributed by atoms with Crippen molar-refractivity contribution in [1.82, 2.24) is 4.31 Å². The third-order valence-corrected chi connectivity index (χ3v) is 6.32. The molecule has 0 amide bonds. The van der Waals surface area contributed by atoms with Gasteiger partial charge in [0, 0.05) is 23.8 Å². The van der Waals surface area contributed by atoms with E-state index in [0.29, 0.717) is 19.0 Å². The Morgan fingerprint density at radius 1 is 1.21 bits per heavy atom. The highest BCUT2D eigenvalue weighted by atomic mass is 35.7. The lowest BCUT2D eigenvalue weighted by Crippen LogP contribution is -2.28. The van der Waals surface area contributed by atoms with Gasteiger partial charge >= 0.3 is 0 Å². The number of hydrogen-bond acceptors (Lipinski definition) is 4. The zero-order valence-corrected chi connectivity index (χ0v) is 12.7. The average molecular weight is 324 g/mol. The molecule has 1 heterocycles. The normalized spacial score (nSPS) is 21.7. The molecule has 1 fully saturated rings. The first-order chi connectivity index (χ1) is 8.71. The van der Waals surface area contributed by atoms with Crippen molar-refractivity contribution in [3.63, 3.8) is 0 Å². The highest BCUT2D eigenvalue weighted by Crippen LogP contribution is 2.26. The molecule has 0 N–H and O–H groups in total. The number of halogens is 1. The Morgan fingerprint density at radius 3 is 2.37 bits per heavy atom. The van der Waals surface area contributed by atoms with Crippen LogP contribution in [0.5, 0.6) is 0 Å². The minimum Gasteiger partial charge on any atom is -0.207 e. The van der Waals surface area contributed by atoms with Crippen LogP contribution in [0.4, 0.5) is 0 Å². The molecule has 8 heteroatoms. The summed E-state index contributed by atoms with van der Waals surface area (Å²) in [5.74, 6) is 0.315. The van der Waals surface area contributed by atoms with Crippen LogP contribution in [0, 0.1) is 5.92 Å². The predicted molar refractivity (Wildman–Crippen MR) is 72.0 cm³/mol. The van der Waals surface area contributed by atoms with Crippen molar-refractivity contribution in [3.05, 3.63) is 24.3 Å². The van der Waals surface area contributed by atoms with Gasteiger partial charge in [-0.2, -0.15) is 4.31 Å². The average Bonchev–Trinajstić information content (AvgIpc) is 2.76. The SMILES string of the molecule is CC1CCN(S(=O)(=O)c2cccc(S(=O)(=O)Cl)c2)C1. The minimum absolute atomic E-state index is 0.0386. The van der Waals surface area contributed by atoms with Gasteiger partial charge in [0.15, 0.2) is 0 Å². The summed E-state index contributed by atoms with van der Waals surface area (Å²) in [6.07, 6.45) is 0.812. The van der Waals surface area contributed by atoms with Crippen molar-refractivity contribution in [2.24, 2.45) is 5.92 Å². The van der Waals surface area contributed by atoms with Crippen LogP contribution >= 0.6 is 10.7 Å². The molecule has 1 atom stereocenters. The van der Waals surface area contributed by atoms with E-state index in [4.69, 9.17) is 10.7 Å². The molecule has 19 heavy (non-hydrogen) atoms. The highest BCUT2D eigenvalue weighted by Gasteiger charge is 2.31. The summed E-state index contributed by atoms with van der Waals surface area (Å²) in [6, 6.07) is 5.13. The summed E-state index contributed by atoms with van der Waals surface area (Å²) in [5, 5.41) is 0. The third kappa shape index (κ3) is 3.10. The molecule has 106 valence electrons. The second kappa shape index (κ2) is 5.05. The van der Waals surface area contributed by atoms with E-state index in [0.717, 1.165) is 12.5 Å². The second-order valence-electron chi connectivity index (χ2n) is 4.67. The van der Waals surface area contributed by atoms with E-state index in [1.807, 2.05) is 6.92 Å². The molecule has 0 spiro atoms. The maximum atomic E-state index is 12.3. The Morgan fingerprint density at radius 2 is 1.84 bits per heavy atom. The Balaban J connectivity index is 2.42. The molecule has 0 bridgehead atoms. The predicted octanol–water partition coefficient (Wildman–Crippen LogP) is 1.64. The Labute approximate surface area is 117 Å². The molecule has 0 radical (unpaired) electrons. The molecule has 1 unspecified atom stereocenters. The molecule has 0 aromatic heterocycles. The van der Waals surface area contributed by atoms with Crippen molar-refractivity contribution in [2.45, 2.75) is 23.1 Å². The summed E-state index contributed by atoms with van der Waals surface area (Å²) in [5.41, 5.74) is 0. The van der Waals surface area contributed by atoms with E-state index in [2.05, 4.69) is 0 Å². The lowest BCUT2D eigenvalue weighted by Gasteiger charge is -2.16. The topological polar surface area (TPSA) is 71.5 Å². The van der Waals surface area contributed by atoms with Crippen LogP contribution in [-0.2, 0) is 19.1 Å². The van der Waals surface area contributed by atoms with Gasteiger partial charge in [-0.15, -0.1) is 0 Å². The first kappa shape index (κ1) is 14.8. The smallest absolute Gasteiger partial charge is 0.207 e. The first-order valence-corrected chi connectivity index (χ1v) is 9.51. The van der Waals surface area contributed by atoms with Gasteiger partial charge in [-0.25, -0.2) is 16.8 Å². The Kier molecular flexibility index (Phi) is 3.92. The fraction of sp³-hybridized carbons (Fsp3) is 0.455. The maximum absolute atomic E-state index is 12.3. The van der Waals surface area contributed by atoms with Crippen molar-refractivity contribution >= 4 is 29.8 Å². The van der Waals surface area contributed by atoms with E-state index in [9.17, 15) is 16.8 Å². The number of rotatable bonds is 3. The standard InChI is InChI=1S/C11H14ClNO4S2/c1-9-5-6-13(8-9)19(16,17)11-4-2-3-10(7-11)18(12,14)15/h2-4,7,9H,5-6,8H2,1H3. The van der Waals surface area contributed by atoms with Crippen LogP contribution in [0.3, 0.4) is 0 Å². The lowest BCUT2D eigenvalue weighted by molar-refractivity contribution is 0.464. The number of sulfonamides is 1. The molecular formula is C11H14ClNO4S2. The number of nitrogens with zero attached hydrogens (tertiary/aromatic N) is 1. The number of hydrogen-bond donors (Lipinski definition) is 0. The summed E-state index contributed by atoms with van der Waals surface area (Å²) in [7, 11) is -2.35. The molecule has 1 aliphatic rings. The monoisotopic (exact) mass is 323 g/mol. The van der Waals surface area contributed by atoms with Crippen LogP contribution in [0.15, 0.2) is 34.1 Å². The van der Waals surface area contributed by atoms with Crippen molar-refractivity contribution in [3.8, 4) is 0 Å². The molecule has 1 aromatic carbocycles. The summed E-state index contributed by atoms with van der Waals surface area (Å²) in [4.78, 5) is -0.245. The molecule has 5 nitrogen and oxygen atoms in total. The van der Waals surface area contributed by atoms with E-state index in [-0.39, 0.29) is 9.79 Å². The molecular weight excluding hydrogens is 310 g/mol. The second-order valence-corrected chi connectivity index (χ2v) is 9.17. The van der Waals surface area contributed by atoms with Crippen LogP contribution < -0.4 is 0 Å². The van der Waals surface area contributed by atoms with Gasteiger partial charge in [0.2, 0.25) is 10.0 Å². The lowest BCUT2D eigenvalue weighted by atomic mass is 10.2. The van der Waals surface area contributed by atoms with Crippen LogP contribution in [0.25, 0.3) is 0 Å². The highest BCUT2D eigenvalue weighted by molar-refractivity contribution is 8.13. The van der Waals surface area contributed by atoms with Crippen molar-refractivity contribution in [1.29, 1.82) is 0 Å². The third-order valence-electron chi connectivity index (χ3n) is 3.11. The van der Waals surface area contributed by atoms with E-state index < -0.39 is 19.1 Å². The summed E-state index contributed by atoms with van der Waals surface area (Å²) in [6.45, 7) is 2.90. The number of benzene rings is 1. The van der Waals surface area contributed by atoms with Crippen LogP contribution in [0.1, 0.15) is 13.3 Å². The zero-order valence-electron chi connectivity index (χ0n) is 10.3. The van der Waals surface area contributed by atoms with E-state index in [1.54, 1.807) is 0 Å². The maximum Gasteiger partial charge on any atom is 0.261 e. The van der Waals surface area contributed by atoms with Gasteiger partial charge in [0.05, 0.1) is 9.79 Å². The molecule has 1 aliphatic heterocycles. The minimum atomic E-state index is -3.93. The van der Waals surface area contributed by atoms with Gasteiger partial charge in [0.25, 0.3) is 9.05 Å². The van der Waals surface area contributed by atoms with Gasteiger partial charge in [-0.05, 0) is 30.5 Å². The van der Waals surface area contributed by atoms with Crippen LogP contribution in [0.2, 0.25) is 0 Å². The van der Waals surface area contributed by atoms with Gasteiger partial charge in [-0.1, -0.05) is 13.0 Å². The molecule has 0 aliphatic carbocycles. The Hall–Kier alpha value is -0.630.